The van der Waals surface area contributed by atoms with Gasteiger partial charge in [-0.15, -0.1) is 0 Å². The normalized spacial score (nSPS) is 13.9. The van der Waals surface area contributed by atoms with Crippen molar-refractivity contribution in [3.63, 3.8) is 0 Å². The number of aromatic nitrogens is 3. The Kier molecular flexibility index (Phi) is 6.30. The van der Waals surface area contributed by atoms with Crippen molar-refractivity contribution in [2.75, 3.05) is 31.2 Å². The third kappa shape index (κ3) is 4.88. The van der Waals surface area contributed by atoms with Crippen molar-refractivity contribution in [2.45, 2.75) is 19.4 Å². The van der Waals surface area contributed by atoms with Gasteiger partial charge in [0.25, 0.3) is 0 Å². The summed E-state index contributed by atoms with van der Waals surface area (Å²) in [6.45, 7) is 3.65. The Bertz CT molecular complexity index is 1210. The summed E-state index contributed by atoms with van der Waals surface area (Å²) in [6, 6.07) is 22.2. The molecule has 5 rings (SSSR count). The molecule has 0 unspecified atom stereocenters. The first-order valence-electron chi connectivity index (χ1n) is 11.3. The van der Waals surface area contributed by atoms with E-state index in [4.69, 9.17) is 9.72 Å². The SMILES string of the molecule is O=C(CCc1nc2ccccc2n1-c1ccccc1)NCc1ccc(N2CCOCC2)nc1. The minimum Gasteiger partial charge on any atom is -0.378 e. The monoisotopic (exact) mass is 441 g/mol. The lowest BCUT2D eigenvalue weighted by atomic mass is 10.2. The number of hydrogen-bond acceptors (Lipinski definition) is 5. The molecule has 0 spiro atoms. The molecule has 0 atom stereocenters. The van der Waals surface area contributed by atoms with Crippen molar-refractivity contribution in [3.8, 4) is 5.69 Å². The van der Waals surface area contributed by atoms with Crippen molar-refractivity contribution < 1.29 is 9.53 Å². The minimum absolute atomic E-state index is 0.000997. The van der Waals surface area contributed by atoms with Crippen LogP contribution in [0.4, 0.5) is 5.82 Å². The molecule has 0 aliphatic carbocycles. The molecule has 2 aromatic carbocycles. The molecule has 1 aliphatic rings. The van der Waals surface area contributed by atoms with Gasteiger partial charge >= 0.3 is 0 Å². The van der Waals surface area contributed by atoms with E-state index in [0.717, 1.165) is 60.2 Å². The maximum Gasteiger partial charge on any atom is 0.220 e. The predicted octanol–water partition coefficient (Wildman–Crippen LogP) is 3.51. The van der Waals surface area contributed by atoms with Crippen LogP contribution in [0.5, 0.6) is 0 Å². The van der Waals surface area contributed by atoms with Gasteiger partial charge in [0.05, 0.1) is 24.2 Å². The van der Waals surface area contributed by atoms with Gasteiger partial charge in [-0.1, -0.05) is 36.4 Å². The lowest BCUT2D eigenvalue weighted by molar-refractivity contribution is -0.121. The smallest absolute Gasteiger partial charge is 0.220 e. The number of hydrogen-bond donors (Lipinski definition) is 1. The number of imidazole rings is 1. The summed E-state index contributed by atoms with van der Waals surface area (Å²) in [5.74, 6) is 1.83. The molecule has 4 aromatic rings. The molecule has 168 valence electrons. The Morgan fingerprint density at radius 1 is 0.970 bits per heavy atom. The molecule has 1 aliphatic heterocycles. The molecule has 0 bridgehead atoms. The van der Waals surface area contributed by atoms with Crippen LogP contribution in [-0.4, -0.2) is 46.7 Å². The number of nitrogens with zero attached hydrogens (tertiary/aromatic N) is 4. The summed E-state index contributed by atoms with van der Waals surface area (Å²) < 4.78 is 7.53. The van der Waals surface area contributed by atoms with E-state index in [1.807, 2.05) is 54.7 Å². The quantitative estimate of drug-likeness (QED) is 0.475. The molecule has 1 saturated heterocycles. The van der Waals surface area contributed by atoms with Gasteiger partial charge in [-0.3, -0.25) is 9.36 Å². The van der Waals surface area contributed by atoms with Crippen molar-refractivity contribution in [3.05, 3.63) is 84.3 Å². The number of ether oxygens (including phenoxy) is 1. The van der Waals surface area contributed by atoms with E-state index in [1.54, 1.807) is 0 Å². The van der Waals surface area contributed by atoms with Crippen LogP contribution in [0.3, 0.4) is 0 Å². The van der Waals surface area contributed by atoms with Gasteiger partial charge in [0.1, 0.15) is 11.6 Å². The van der Waals surface area contributed by atoms with Gasteiger partial charge in [0.2, 0.25) is 5.91 Å². The standard InChI is InChI=1S/C26H27N5O2/c32-26(28-19-20-10-11-24(27-18-20)30-14-16-33-17-15-30)13-12-25-29-22-8-4-5-9-23(22)31(25)21-6-2-1-3-7-21/h1-11,18H,12-17,19H2,(H,28,32). The van der Waals surface area contributed by atoms with E-state index in [1.165, 1.54) is 0 Å². The Morgan fingerprint density at radius 3 is 2.55 bits per heavy atom. The zero-order valence-corrected chi connectivity index (χ0v) is 18.5. The minimum atomic E-state index is -0.000997. The average molecular weight is 442 g/mol. The number of para-hydroxylation sites is 3. The van der Waals surface area contributed by atoms with Crippen LogP contribution < -0.4 is 10.2 Å². The zero-order chi connectivity index (χ0) is 22.5. The molecule has 33 heavy (non-hydrogen) atoms. The van der Waals surface area contributed by atoms with Gasteiger partial charge in [0, 0.05) is 44.4 Å². The first kappa shape index (κ1) is 21.2. The van der Waals surface area contributed by atoms with Gasteiger partial charge in [0.15, 0.2) is 0 Å². The van der Waals surface area contributed by atoms with Gasteiger partial charge in [-0.25, -0.2) is 9.97 Å². The lowest BCUT2D eigenvalue weighted by Crippen LogP contribution is -2.36. The number of nitrogens with one attached hydrogen (secondary N) is 1. The Hall–Kier alpha value is -3.71. The van der Waals surface area contributed by atoms with Crippen LogP contribution >= 0.6 is 0 Å². The molecule has 0 saturated carbocycles. The maximum atomic E-state index is 12.6. The highest BCUT2D eigenvalue weighted by Crippen LogP contribution is 2.22. The average Bonchev–Trinajstić information content (AvgIpc) is 3.26. The lowest BCUT2D eigenvalue weighted by Gasteiger charge is -2.27. The van der Waals surface area contributed by atoms with E-state index in [9.17, 15) is 4.79 Å². The summed E-state index contributed by atoms with van der Waals surface area (Å²) in [5, 5.41) is 3.01. The third-order valence-corrected chi connectivity index (χ3v) is 5.85. The van der Waals surface area contributed by atoms with E-state index in [0.29, 0.717) is 19.4 Å². The second kappa shape index (κ2) is 9.83. The highest BCUT2D eigenvalue weighted by Gasteiger charge is 2.14. The topological polar surface area (TPSA) is 72.3 Å². The number of amides is 1. The van der Waals surface area contributed by atoms with E-state index in [2.05, 4.69) is 38.0 Å². The van der Waals surface area contributed by atoms with Crippen LogP contribution in [-0.2, 0) is 22.5 Å². The molecule has 7 nitrogen and oxygen atoms in total. The number of pyridine rings is 1. The second-order valence-electron chi connectivity index (χ2n) is 8.09. The number of benzene rings is 2. The molecule has 1 N–H and O–H groups in total. The van der Waals surface area contributed by atoms with Crippen molar-refractivity contribution in [1.82, 2.24) is 19.9 Å². The summed E-state index contributed by atoms with van der Waals surface area (Å²) >= 11 is 0. The highest BCUT2D eigenvalue weighted by atomic mass is 16.5. The first-order chi connectivity index (χ1) is 16.3. The maximum absolute atomic E-state index is 12.6. The van der Waals surface area contributed by atoms with Crippen LogP contribution in [0.25, 0.3) is 16.7 Å². The van der Waals surface area contributed by atoms with Gasteiger partial charge in [-0.05, 0) is 35.9 Å². The molecule has 0 radical (unpaired) electrons. The molecular formula is C26H27N5O2. The van der Waals surface area contributed by atoms with Gasteiger partial charge < -0.3 is 15.0 Å². The van der Waals surface area contributed by atoms with Crippen LogP contribution in [0.1, 0.15) is 17.8 Å². The number of rotatable bonds is 7. The molecule has 2 aromatic heterocycles. The highest BCUT2D eigenvalue weighted by molar-refractivity contribution is 5.79. The largest absolute Gasteiger partial charge is 0.378 e. The number of fused-ring (bicyclic) bond motifs is 1. The predicted molar refractivity (Wildman–Crippen MR) is 129 cm³/mol. The molecule has 7 heteroatoms. The Balaban J connectivity index is 1.21. The van der Waals surface area contributed by atoms with E-state index in [-0.39, 0.29) is 5.91 Å². The molecule has 1 fully saturated rings. The first-order valence-corrected chi connectivity index (χ1v) is 11.3. The Labute approximate surface area is 193 Å². The number of aryl methyl sites for hydroxylation is 1. The van der Waals surface area contributed by atoms with E-state index < -0.39 is 0 Å². The van der Waals surface area contributed by atoms with Gasteiger partial charge in [-0.2, -0.15) is 0 Å². The summed E-state index contributed by atoms with van der Waals surface area (Å²) in [7, 11) is 0. The summed E-state index contributed by atoms with van der Waals surface area (Å²) in [5.41, 5.74) is 4.01. The van der Waals surface area contributed by atoms with Crippen LogP contribution in [0.15, 0.2) is 72.9 Å². The zero-order valence-electron chi connectivity index (χ0n) is 18.5. The number of carbonyl (C=O) groups is 1. The Morgan fingerprint density at radius 2 is 1.76 bits per heavy atom. The van der Waals surface area contributed by atoms with E-state index >= 15 is 0 Å². The van der Waals surface area contributed by atoms with Crippen molar-refractivity contribution in [1.29, 1.82) is 0 Å². The summed E-state index contributed by atoms with van der Waals surface area (Å²) in [4.78, 5) is 24.1. The second-order valence-corrected chi connectivity index (χ2v) is 8.09. The number of morpholine rings is 1. The fourth-order valence-electron chi connectivity index (χ4n) is 4.12. The molecular weight excluding hydrogens is 414 g/mol. The third-order valence-electron chi connectivity index (χ3n) is 5.85. The summed E-state index contributed by atoms with van der Waals surface area (Å²) in [6.07, 6.45) is 2.76. The van der Waals surface area contributed by atoms with Crippen LogP contribution in [0, 0.1) is 0 Å². The molecule has 1 amide bonds. The fourth-order valence-corrected chi connectivity index (χ4v) is 4.12. The fraction of sp³-hybridized carbons (Fsp3) is 0.269. The number of carbonyl (C=O) groups excluding carboxylic acids is 1. The molecule has 3 heterocycles. The van der Waals surface area contributed by atoms with Crippen molar-refractivity contribution in [2.24, 2.45) is 0 Å². The van der Waals surface area contributed by atoms with Crippen LogP contribution in [0.2, 0.25) is 0 Å². The number of anilines is 1. The van der Waals surface area contributed by atoms with Crippen molar-refractivity contribution >= 4 is 22.8 Å².